The second-order valence-electron chi connectivity index (χ2n) is 6.62. The third kappa shape index (κ3) is 3.73. The summed E-state index contributed by atoms with van der Waals surface area (Å²) in [6, 6.07) is 7.73. The van der Waals surface area contributed by atoms with E-state index in [1.807, 2.05) is 6.07 Å². The fourth-order valence-electron chi connectivity index (χ4n) is 3.34. The second kappa shape index (κ2) is 7.50. The van der Waals surface area contributed by atoms with Gasteiger partial charge in [0.1, 0.15) is 11.8 Å². The Bertz CT molecular complexity index is 971. The number of hydrogen-bond acceptors (Lipinski definition) is 5. The van der Waals surface area contributed by atoms with Crippen molar-refractivity contribution in [1.82, 2.24) is 19.3 Å². The van der Waals surface area contributed by atoms with Crippen molar-refractivity contribution in [3.63, 3.8) is 0 Å². The molecule has 1 aliphatic rings. The zero-order chi connectivity index (χ0) is 19.7. The van der Waals surface area contributed by atoms with Gasteiger partial charge in [-0.05, 0) is 24.3 Å². The van der Waals surface area contributed by atoms with Crippen molar-refractivity contribution < 1.29 is 23.0 Å². The summed E-state index contributed by atoms with van der Waals surface area (Å²) in [4.78, 5) is 10.9. The number of rotatable bonds is 4. The van der Waals surface area contributed by atoms with E-state index in [1.165, 1.54) is 16.7 Å². The minimum atomic E-state index is -4.43. The van der Waals surface area contributed by atoms with E-state index < -0.39 is 11.7 Å². The van der Waals surface area contributed by atoms with Gasteiger partial charge in [0.15, 0.2) is 0 Å². The Kier molecular flexibility index (Phi) is 5.05. The molecule has 1 atom stereocenters. The van der Waals surface area contributed by atoms with Crippen LogP contribution in [0.2, 0.25) is 0 Å². The van der Waals surface area contributed by atoms with Crippen LogP contribution in [0.1, 0.15) is 17.4 Å². The predicted molar refractivity (Wildman–Crippen MR) is 95.6 cm³/mol. The van der Waals surface area contributed by atoms with Crippen molar-refractivity contribution in [1.29, 1.82) is 0 Å². The van der Waals surface area contributed by atoms with Crippen LogP contribution in [-0.4, -0.2) is 57.2 Å². The van der Waals surface area contributed by atoms with Gasteiger partial charge in [-0.15, -0.1) is 0 Å². The van der Waals surface area contributed by atoms with E-state index >= 15 is 0 Å². The Labute approximate surface area is 159 Å². The summed E-state index contributed by atoms with van der Waals surface area (Å²) >= 11 is 0. The first-order valence-electron chi connectivity index (χ1n) is 8.92. The molecule has 0 bridgehead atoms. The van der Waals surface area contributed by atoms with E-state index in [0.717, 1.165) is 18.8 Å². The van der Waals surface area contributed by atoms with Crippen molar-refractivity contribution in [3.05, 3.63) is 54.0 Å². The normalized spacial score (nSPS) is 18.6. The molecule has 4 heterocycles. The number of β-amino-alcohol motifs (C(OH)–C–C–N with tert-alkyl or cyclic N) is 1. The minimum Gasteiger partial charge on any atom is -0.395 e. The Morgan fingerprint density at radius 2 is 2.07 bits per heavy atom. The molecule has 0 spiro atoms. The summed E-state index contributed by atoms with van der Waals surface area (Å²) in [5, 5.41) is 9.14. The fourth-order valence-corrected chi connectivity index (χ4v) is 3.34. The molecule has 0 aliphatic carbocycles. The van der Waals surface area contributed by atoms with Gasteiger partial charge in [0, 0.05) is 25.8 Å². The summed E-state index contributed by atoms with van der Waals surface area (Å²) in [5.41, 5.74) is 1.36. The summed E-state index contributed by atoms with van der Waals surface area (Å²) in [6.07, 6.45) is -2.14. The van der Waals surface area contributed by atoms with E-state index in [-0.39, 0.29) is 12.7 Å². The molecular formula is C19H19F3N4O2. The Morgan fingerprint density at radius 1 is 1.21 bits per heavy atom. The van der Waals surface area contributed by atoms with Crippen LogP contribution in [0.15, 0.2) is 42.7 Å². The maximum atomic E-state index is 13.1. The second-order valence-corrected chi connectivity index (χ2v) is 6.62. The Morgan fingerprint density at radius 3 is 2.86 bits per heavy atom. The lowest BCUT2D eigenvalue weighted by atomic mass is 10.1. The van der Waals surface area contributed by atoms with Gasteiger partial charge in [-0.2, -0.15) is 13.2 Å². The number of aliphatic hydroxyl groups is 1. The smallest absolute Gasteiger partial charge is 0.395 e. The first-order valence-corrected chi connectivity index (χ1v) is 8.92. The zero-order valence-corrected chi connectivity index (χ0v) is 14.9. The lowest BCUT2D eigenvalue weighted by molar-refractivity contribution is -0.137. The van der Waals surface area contributed by atoms with E-state index in [4.69, 9.17) is 9.84 Å². The van der Waals surface area contributed by atoms with Crippen LogP contribution in [0.3, 0.4) is 0 Å². The number of halogens is 3. The number of fused-ring (bicyclic) bond motifs is 1. The highest BCUT2D eigenvalue weighted by molar-refractivity contribution is 5.60. The summed E-state index contributed by atoms with van der Waals surface area (Å²) in [6.45, 7) is 2.50. The number of aliphatic hydroxyl groups excluding tert-OH is 1. The highest BCUT2D eigenvalue weighted by Gasteiger charge is 2.31. The van der Waals surface area contributed by atoms with Crippen LogP contribution >= 0.6 is 0 Å². The van der Waals surface area contributed by atoms with Crippen LogP contribution in [0.4, 0.5) is 13.2 Å². The van der Waals surface area contributed by atoms with Gasteiger partial charge in [0.25, 0.3) is 0 Å². The van der Waals surface area contributed by atoms with Gasteiger partial charge in [0.2, 0.25) is 0 Å². The van der Waals surface area contributed by atoms with Crippen LogP contribution in [0.5, 0.6) is 0 Å². The molecule has 1 saturated heterocycles. The molecule has 0 aromatic carbocycles. The van der Waals surface area contributed by atoms with Gasteiger partial charge in [-0.25, -0.2) is 9.97 Å². The molecule has 1 N–H and O–H groups in total. The summed E-state index contributed by atoms with van der Waals surface area (Å²) in [7, 11) is 0. The SMILES string of the molecule is OCCN1CCOC(c2cccc(-c3cnc4ccc(C(F)(F)F)cn34)n2)C1. The zero-order valence-electron chi connectivity index (χ0n) is 14.9. The molecule has 3 aromatic rings. The molecule has 28 heavy (non-hydrogen) atoms. The van der Waals surface area contributed by atoms with Crippen molar-refractivity contribution in [2.24, 2.45) is 0 Å². The Hall–Kier alpha value is -2.49. The summed E-state index contributed by atoms with van der Waals surface area (Å²) < 4.78 is 46.4. The van der Waals surface area contributed by atoms with E-state index in [2.05, 4.69) is 14.9 Å². The number of ether oxygens (including phenoxy) is 1. The molecule has 6 nitrogen and oxygen atoms in total. The van der Waals surface area contributed by atoms with Gasteiger partial charge in [-0.1, -0.05) is 6.07 Å². The molecule has 3 aromatic heterocycles. The van der Waals surface area contributed by atoms with Gasteiger partial charge < -0.3 is 9.84 Å². The highest BCUT2D eigenvalue weighted by atomic mass is 19.4. The lowest BCUT2D eigenvalue weighted by Crippen LogP contribution is -2.40. The maximum absolute atomic E-state index is 13.1. The molecule has 0 amide bonds. The third-order valence-corrected chi connectivity index (χ3v) is 4.76. The topological polar surface area (TPSA) is 62.9 Å². The maximum Gasteiger partial charge on any atom is 0.417 e. The van der Waals surface area contributed by atoms with Crippen LogP contribution in [0, 0.1) is 0 Å². The molecule has 4 rings (SSSR count). The van der Waals surface area contributed by atoms with Gasteiger partial charge >= 0.3 is 6.18 Å². The molecule has 0 radical (unpaired) electrons. The number of alkyl halides is 3. The molecule has 1 aliphatic heterocycles. The fraction of sp³-hybridized carbons (Fsp3) is 0.368. The van der Waals surface area contributed by atoms with E-state index in [0.29, 0.717) is 42.4 Å². The lowest BCUT2D eigenvalue weighted by Gasteiger charge is -2.32. The third-order valence-electron chi connectivity index (χ3n) is 4.76. The Balaban J connectivity index is 1.68. The molecule has 148 valence electrons. The van der Waals surface area contributed by atoms with Crippen molar-refractivity contribution in [2.75, 3.05) is 32.8 Å². The van der Waals surface area contributed by atoms with Gasteiger partial charge in [-0.3, -0.25) is 9.30 Å². The highest BCUT2D eigenvalue weighted by Crippen LogP contribution is 2.31. The number of morpholine rings is 1. The first kappa shape index (κ1) is 18.9. The number of nitrogens with zero attached hydrogens (tertiary/aromatic N) is 4. The quantitative estimate of drug-likeness (QED) is 0.740. The monoisotopic (exact) mass is 392 g/mol. The number of imidazole rings is 1. The number of pyridine rings is 2. The van der Waals surface area contributed by atoms with Crippen molar-refractivity contribution in [3.8, 4) is 11.4 Å². The van der Waals surface area contributed by atoms with Crippen molar-refractivity contribution >= 4 is 5.65 Å². The molecular weight excluding hydrogens is 373 g/mol. The average Bonchev–Trinajstić information content (AvgIpc) is 3.11. The molecule has 0 saturated carbocycles. The van der Waals surface area contributed by atoms with Crippen LogP contribution < -0.4 is 0 Å². The number of hydrogen-bond donors (Lipinski definition) is 1. The standard InChI is InChI=1S/C19H19F3N4O2/c20-19(21,22)13-4-5-18-23-10-16(26(18)11-13)14-2-1-3-15(24-14)17-12-25(6-8-27)7-9-28-17/h1-5,10-11,17,27H,6-9,12H2. The largest absolute Gasteiger partial charge is 0.417 e. The molecule has 9 heteroatoms. The van der Waals surface area contributed by atoms with Crippen molar-refractivity contribution in [2.45, 2.75) is 12.3 Å². The van der Waals surface area contributed by atoms with E-state index in [9.17, 15) is 13.2 Å². The summed E-state index contributed by atoms with van der Waals surface area (Å²) in [5.74, 6) is 0. The van der Waals surface area contributed by atoms with E-state index in [1.54, 1.807) is 12.1 Å². The predicted octanol–water partition coefficient (Wildman–Crippen LogP) is 2.78. The number of aromatic nitrogens is 3. The first-order chi connectivity index (χ1) is 13.5. The molecule has 1 unspecified atom stereocenters. The van der Waals surface area contributed by atoms with Crippen LogP contribution in [0.25, 0.3) is 17.0 Å². The average molecular weight is 392 g/mol. The minimum absolute atomic E-state index is 0.0730. The van der Waals surface area contributed by atoms with Gasteiger partial charge in [0.05, 0.1) is 42.1 Å². The van der Waals surface area contributed by atoms with Crippen LogP contribution in [-0.2, 0) is 10.9 Å². The molecule has 1 fully saturated rings.